The molecule has 2 aromatic rings. The van der Waals surface area contributed by atoms with E-state index in [0.29, 0.717) is 37.3 Å². The Labute approximate surface area is 263 Å². The maximum absolute atomic E-state index is 13.2. The van der Waals surface area contributed by atoms with Gasteiger partial charge in [0.05, 0.1) is 17.6 Å². The van der Waals surface area contributed by atoms with Crippen molar-refractivity contribution in [2.24, 2.45) is 28.1 Å². The van der Waals surface area contributed by atoms with Crippen molar-refractivity contribution in [3.05, 3.63) is 29.6 Å². The Kier molecular flexibility index (Phi) is 13.1. The second kappa shape index (κ2) is 16.1. The van der Waals surface area contributed by atoms with Crippen molar-refractivity contribution in [3.8, 4) is 0 Å². The number of carboxylic acids is 2. The number of halogens is 6. The van der Waals surface area contributed by atoms with Crippen LogP contribution in [0.2, 0.25) is 0 Å². The van der Waals surface area contributed by atoms with E-state index >= 15 is 0 Å². The van der Waals surface area contributed by atoms with Gasteiger partial charge in [-0.15, -0.1) is 0 Å². The molecule has 2 amide bonds. The van der Waals surface area contributed by atoms with Gasteiger partial charge in [0.25, 0.3) is 5.91 Å². The van der Waals surface area contributed by atoms with Crippen LogP contribution >= 0.6 is 0 Å². The summed E-state index contributed by atoms with van der Waals surface area (Å²) in [7, 11) is 0. The minimum Gasteiger partial charge on any atom is -0.475 e. The quantitative estimate of drug-likeness (QED) is 0.152. The van der Waals surface area contributed by atoms with E-state index in [1.807, 2.05) is 25.1 Å². The zero-order chi connectivity index (χ0) is 35.7. The molecule has 14 nitrogen and oxygen atoms in total. The number of nitrogens with two attached hydrogens (primary N) is 3. The Balaban J connectivity index is 0.000000459. The highest BCUT2D eigenvalue weighted by molar-refractivity contribution is 5.97. The molecule has 0 radical (unpaired) electrons. The summed E-state index contributed by atoms with van der Waals surface area (Å²) in [6, 6.07) is 5.85. The molecule has 1 aliphatic heterocycles. The maximum Gasteiger partial charge on any atom is 0.490 e. The number of aliphatic carboxylic acids is 2. The molecule has 2 atom stereocenters. The molecule has 1 saturated heterocycles. The number of hydrogen-bond donors (Lipinski definition) is 6. The molecule has 2 heterocycles. The summed E-state index contributed by atoms with van der Waals surface area (Å²) in [5.41, 5.74) is 18.5. The van der Waals surface area contributed by atoms with Gasteiger partial charge < -0.3 is 37.6 Å². The molecule has 260 valence electrons. The number of primary amides is 1. The fourth-order valence-electron chi connectivity index (χ4n) is 4.76. The second-order valence-corrected chi connectivity index (χ2v) is 10.6. The highest BCUT2D eigenvalue weighted by atomic mass is 19.4. The topological polar surface area (TPSA) is 240 Å². The number of aromatic nitrogens is 2. The van der Waals surface area contributed by atoms with Crippen LogP contribution < -0.4 is 22.5 Å². The minimum atomic E-state index is -5.08. The van der Waals surface area contributed by atoms with Crippen LogP contribution in [0.3, 0.4) is 0 Å². The number of carbonyl (C=O) groups excluding carboxylic acids is 2. The Morgan fingerprint density at radius 3 is 1.91 bits per heavy atom. The average Bonchev–Trinajstić information content (AvgIpc) is 2.97. The molecule has 0 bridgehead atoms. The van der Waals surface area contributed by atoms with Gasteiger partial charge in [-0.3, -0.25) is 9.59 Å². The Hall–Kier alpha value is -4.91. The van der Waals surface area contributed by atoms with Gasteiger partial charge in [-0.25, -0.2) is 24.5 Å². The first-order chi connectivity index (χ1) is 21.7. The molecule has 1 aromatic heterocycles. The molecule has 4 rings (SSSR count). The number of amides is 2. The number of fused-ring (bicyclic) bond motifs is 1. The fourth-order valence-corrected chi connectivity index (χ4v) is 4.76. The van der Waals surface area contributed by atoms with Gasteiger partial charge in [0.2, 0.25) is 11.7 Å². The summed E-state index contributed by atoms with van der Waals surface area (Å²) in [5, 5.41) is 18.6. The standard InChI is InChI=1S/C23H32N8O2.2C2HF3O2/c1-13-6-7-16-15(12-13)20(28-17-4-2-3-5-18(17)29-23(25)26)30-21(27-16)22(33)31-10-8-14(9-11-31)19(24)32;2*3-2(4,5)1(6)7/h6-7,12,14,17-18H,2-5,8-11H2,1H3,(H2,24,32)(H4,25,26,29)(H,27,28,30);2*(H,6,7). The molecular formula is C27H34F6N8O6. The van der Waals surface area contributed by atoms with E-state index in [1.54, 1.807) is 4.90 Å². The number of anilines is 1. The number of hydrogen-bond acceptors (Lipinski definition) is 8. The number of likely N-dealkylation sites (tertiary alicyclic amines) is 1. The van der Waals surface area contributed by atoms with E-state index in [9.17, 15) is 35.9 Å². The van der Waals surface area contributed by atoms with Crippen LogP contribution in [0.4, 0.5) is 32.2 Å². The van der Waals surface area contributed by atoms with Gasteiger partial charge in [-0.2, -0.15) is 26.3 Å². The van der Waals surface area contributed by atoms with Crippen LogP contribution in [0.25, 0.3) is 10.9 Å². The first-order valence-corrected chi connectivity index (χ1v) is 14.0. The third-order valence-corrected chi connectivity index (χ3v) is 7.08. The highest BCUT2D eigenvalue weighted by Crippen LogP contribution is 2.29. The van der Waals surface area contributed by atoms with Crippen LogP contribution in [0.1, 0.15) is 54.7 Å². The number of benzene rings is 1. The zero-order valence-electron chi connectivity index (χ0n) is 24.9. The Morgan fingerprint density at radius 2 is 1.43 bits per heavy atom. The monoisotopic (exact) mass is 680 g/mol. The molecular weight excluding hydrogens is 646 g/mol. The average molecular weight is 681 g/mol. The van der Waals surface area contributed by atoms with E-state index in [-0.39, 0.29) is 41.6 Å². The lowest BCUT2D eigenvalue weighted by Crippen LogP contribution is -2.42. The lowest BCUT2D eigenvalue weighted by Gasteiger charge is -2.31. The third-order valence-electron chi connectivity index (χ3n) is 7.08. The van der Waals surface area contributed by atoms with Crippen molar-refractivity contribution in [2.75, 3.05) is 18.4 Å². The molecule has 1 aromatic carbocycles. The fraction of sp³-hybridized carbons (Fsp3) is 0.519. The molecule has 2 unspecified atom stereocenters. The van der Waals surface area contributed by atoms with Crippen molar-refractivity contribution in [1.82, 2.24) is 14.9 Å². The molecule has 2 fully saturated rings. The molecule has 0 spiro atoms. The van der Waals surface area contributed by atoms with Gasteiger partial charge in [0.1, 0.15) is 5.82 Å². The predicted octanol–water partition coefficient (Wildman–Crippen LogP) is 2.54. The molecule has 20 heteroatoms. The summed E-state index contributed by atoms with van der Waals surface area (Å²) in [6.07, 6.45) is -5.13. The van der Waals surface area contributed by atoms with Gasteiger partial charge in [0, 0.05) is 24.4 Å². The van der Waals surface area contributed by atoms with E-state index in [2.05, 4.69) is 20.3 Å². The van der Waals surface area contributed by atoms with Gasteiger partial charge in [-0.05, 0) is 44.7 Å². The Bertz CT molecular complexity index is 1450. The Morgan fingerprint density at radius 1 is 0.894 bits per heavy atom. The molecule has 1 saturated carbocycles. The van der Waals surface area contributed by atoms with E-state index in [1.165, 1.54) is 0 Å². The smallest absolute Gasteiger partial charge is 0.475 e. The first kappa shape index (κ1) is 38.3. The van der Waals surface area contributed by atoms with Crippen LogP contribution in [0.15, 0.2) is 23.2 Å². The van der Waals surface area contributed by atoms with E-state index in [0.717, 1.165) is 36.6 Å². The second-order valence-electron chi connectivity index (χ2n) is 10.6. The largest absolute Gasteiger partial charge is 0.490 e. The number of piperidine rings is 1. The molecule has 1 aliphatic carbocycles. The van der Waals surface area contributed by atoms with E-state index < -0.39 is 24.3 Å². The number of aryl methyl sites for hydroxylation is 1. The van der Waals surface area contributed by atoms with Crippen LogP contribution in [0, 0.1) is 12.8 Å². The summed E-state index contributed by atoms with van der Waals surface area (Å²) in [6.45, 7) is 2.92. The first-order valence-electron chi connectivity index (χ1n) is 14.0. The molecule has 2 aliphatic rings. The van der Waals surface area contributed by atoms with Gasteiger partial charge in [-0.1, -0.05) is 24.5 Å². The van der Waals surface area contributed by atoms with Crippen molar-refractivity contribution < 1.29 is 55.7 Å². The number of aliphatic imine (C=N–C) groups is 1. The minimum absolute atomic E-state index is 0.00808. The number of rotatable bonds is 5. The van der Waals surface area contributed by atoms with Crippen LogP contribution in [-0.4, -0.2) is 92.3 Å². The summed E-state index contributed by atoms with van der Waals surface area (Å²) >= 11 is 0. The number of guanidine groups is 1. The number of nitrogens with zero attached hydrogens (tertiary/aromatic N) is 4. The summed E-state index contributed by atoms with van der Waals surface area (Å²) < 4.78 is 63.5. The number of alkyl halides is 6. The van der Waals surface area contributed by atoms with Crippen molar-refractivity contribution >= 4 is 46.4 Å². The maximum atomic E-state index is 13.2. The summed E-state index contributed by atoms with van der Waals surface area (Å²) in [5.74, 6) is -5.43. The van der Waals surface area contributed by atoms with Gasteiger partial charge in [0.15, 0.2) is 5.96 Å². The molecule has 9 N–H and O–H groups in total. The van der Waals surface area contributed by atoms with Crippen LogP contribution in [0.5, 0.6) is 0 Å². The number of carbonyl (C=O) groups is 4. The third kappa shape index (κ3) is 11.8. The lowest BCUT2D eigenvalue weighted by atomic mass is 9.90. The highest BCUT2D eigenvalue weighted by Gasteiger charge is 2.39. The van der Waals surface area contributed by atoms with Gasteiger partial charge >= 0.3 is 24.3 Å². The number of nitrogens with one attached hydrogen (secondary N) is 1. The van der Waals surface area contributed by atoms with Crippen molar-refractivity contribution in [1.29, 1.82) is 0 Å². The normalized spacial score (nSPS) is 18.5. The van der Waals surface area contributed by atoms with Crippen molar-refractivity contribution in [2.45, 2.75) is 69.9 Å². The van der Waals surface area contributed by atoms with Crippen LogP contribution in [-0.2, 0) is 14.4 Å². The van der Waals surface area contributed by atoms with Crippen molar-refractivity contribution in [3.63, 3.8) is 0 Å². The zero-order valence-corrected chi connectivity index (χ0v) is 24.9. The van der Waals surface area contributed by atoms with E-state index in [4.69, 9.17) is 37.0 Å². The summed E-state index contributed by atoms with van der Waals surface area (Å²) in [4.78, 5) is 57.8. The predicted molar refractivity (Wildman–Crippen MR) is 155 cm³/mol. The SMILES string of the molecule is Cc1ccc2nc(C(=O)N3CCC(C(N)=O)CC3)nc(NC3CCCCC3N=C(N)N)c2c1.O=C(O)C(F)(F)F.O=C(O)C(F)(F)F. The molecule has 47 heavy (non-hydrogen) atoms. The number of carboxylic acid groups (broad SMARTS) is 2. The lowest BCUT2D eigenvalue weighted by molar-refractivity contribution is -0.193.